The van der Waals surface area contributed by atoms with Crippen LogP contribution in [-0.2, 0) is 19.0 Å². The highest BCUT2D eigenvalue weighted by Crippen LogP contribution is 2.45. The van der Waals surface area contributed by atoms with Gasteiger partial charge in [-0.05, 0) is 59.8 Å². The van der Waals surface area contributed by atoms with Crippen LogP contribution in [0.5, 0.6) is 0 Å². The van der Waals surface area contributed by atoms with E-state index in [1.807, 2.05) is 6.92 Å². The molecule has 2 atom stereocenters. The van der Waals surface area contributed by atoms with E-state index in [2.05, 4.69) is 45.9 Å². The average Bonchev–Trinajstić information content (AvgIpc) is 2.70. The summed E-state index contributed by atoms with van der Waals surface area (Å²) < 4.78 is 16.7. The fraction of sp³-hybridized carbons (Fsp3) is 0.640. The molecule has 1 unspecified atom stereocenters. The molecule has 0 bridgehead atoms. The molecule has 1 aliphatic rings. The van der Waals surface area contributed by atoms with Gasteiger partial charge in [-0.1, -0.05) is 53.5 Å². The zero-order valence-electron chi connectivity index (χ0n) is 19.9. The average molecular weight is 439 g/mol. The Morgan fingerprint density at radius 1 is 0.967 bits per heavy atom. The van der Waals surface area contributed by atoms with Crippen LogP contribution in [0, 0.1) is 11.8 Å². The molecule has 0 spiro atoms. The van der Waals surface area contributed by atoms with Crippen LogP contribution >= 0.6 is 11.6 Å². The van der Waals surface area contributed by atoms with Crippen molar-refractivity contribution in [1.82, 2.24) is 0 Å². The van der Waals surface area contributed by atoms with Crippen molar-refractivity contribution in [1.29, 1.82) is 0 Å². The highest BCUT2D eigenvalue weighted by Gasteiger charge is 2.53. The first-order valence-electron chi connectivity index (χ1n) is 10.7. The molecular formula is C25H39ClO4. The molecule has 0 saturated heterocycles. The summed E-state index contributed by atoms with van der Waals surface area (Å²) in [5, 5.41) is 0.0604. The normalized spacial score (nSPS) is 22.4. The minimum absolute atomic E-state index is 0.0604. The Balaban J connectivity index is 2.80. The highest BCUT2D eigenvalue weighted by molar-refractivity contribution is 6.43. The lowest BCUT2D eigenvalue weighted by Crippen LogP contribution is -2.52. The molecule has 30 heavy (non-hydrogen) atoms. The Labute approximate surface area is 188 Å². The quantitative estimate of drug-likeness (QED) is 0.265. The van der Waals surface area contributed by atoms with Crippen molar-refractivity contribution in [3.63, 3.8) is 0 Å². The first kappa shape index (κ1) is 26.7. The minimum Gasteiger partial charge on any atom is -0.494 e. The molecule has 0 aromatic rings. The first-order chi connectivity index (χ1) is 14.1. The molecule has 1 aliphatic carbocycles. The predicted octanol–water partition coefficient (Wildman–Crippen LogP) is 6.72. The van der Waals surface area contributed by atoms with Gasteiger partial charge in [-0.15, -0.1) is 0 Å². The molecular weight excluding hydrogens is 400 g/mol. The zero-order chi connectivity index (χ0) is 22.9. The van der Waals surface area contributed by atoms with Crippen LogP contribution in [0.3, 0.4) is 0 Å². The molecule has 1 rings (SSSR count). The molecule has 0 aliphatic heterocycles. The third kappa shape index (κ3) is 6.57. The van der Waals surface area contributed by atoms with E-state index >= 15 is 0 Å². The Kier molecular flexibility index (Phi) is 11.1. The van der Waals surface area contributed by atoms with E-state index in [1.54, 1.807) is 14.2 Å². The molecule has 0 radical (unpaired) electrons. The Bertz CT molecular complexity index is 707. The molecule has 0 amide bonds. The number of ketones is 1. The van der Waals surface area contributed by atoms with Gasteiger partial charge in [-0.25, -0.2) is 0 Å². The Morgan fingerprint density at radius 3 is 2.00 bits per heavy atom. The Hall–Kier alpha value is -1.36. The van der Waals surface area contributed by atoms with E-state index < -0.39 is 5.79 Å². The fourth-order valence-electron chi connectivity index (χ4n) is 3.98. The van der Waals surface area contributed by atoms with Gasteiger partial charge in [-0.2, -0.15) is 0 Å². The van der Waals surface area contributed by atoms with E-state index in [0.29, 0.717) is 6.42 Å². The second kappa shape index (κ2) is 12.5. The summed E-state index contributed by atoms with van der Waals surface area (Å²) in [6, 6.07) is 0. The number of halogens is 1. The van der Waals surface area contributed by atoms with Gasteiger partial charge in [0.05, 0.1) is 7.11 Å². The minimum atomic E-state index is -1.16. The van der Waals surface area contributed by atoms with Crippen molar-refractivity contribution in [2.45, 2.75) is 72.5 Å². The standard InChI is InChI=1S/C25H39ClO4/c1-17(2)11-9-12-18(3)13-10-14-19(4)15-16-21-20(5)25(29-7,30-8)24(28-6)22(26)23(21)27/h11,13,15,20-21H,9-10,12,14,16H2,1-8H3/t20?,21-/m0/s1. The number of methoxy groups -OCH3 is 3. The SMILES string of the molecule is COC1=C(Cl)C(=O)[C@@H](CC=C(C)CCC=C(C)CCC=C(C)C)C(C)C1(OC)OC. The third-order valence-electron chi connectivity index (χ3n) is 5.93. The topological polar surface area (TPSA) is 44.8 Å². The largest absolute Gasteiger partial charge is 0.494 e. The van der Waals surface area contributed by atoms with Crippen LogP contribution in [-0.4, -0.2) is 32.9 Å². The number of Topliss-reactive ketones (excluding diaryl/α,β-unsaturated/α-hetero) is 1. The van der Waals surface area contributed by atoms with Gasteiger partial charge in [0.1, 0.15) is 5.03 Å². The number of allylic oxidation sites excluding steroid dienone is 7. The summed E-state index contributed by atoms with van der Waals surface area (Å²) >= 11 is 6.34. The van der Waals surface area contributed by atoms with Gasteiger partial charge in [0, 0.05) is 26.1 Å². The van der Waals surface area contributed by atoms with Gasteiger partial charge in [0.15, 0.2) is 11.5 Å². The van der Waals surface area contributed by atoms with E-state index in [1.165, 1.54) is 23.8 Å². The second-order valence-corrected chi connectivity index (χ2v) is 8.76. The molecule has 0 N–H and O–H groups in total. The van der Waals surface area contributed by atoms with Crippen LogP contribution in [0.25, 0.3) is 0 Å². The summed E-state index contributed by atoms with van der Waals surface area (Å²) in [6.07, 6.45) is 11.5. The van der Waals surface area contributed by atoms with E-state index in [9.17, 15) is 4.79 Å². The number of hydrogen-bond acceptors (Lipinski definition) is 4. The van der Waals surface area contributed by atoms with Crippen molar-refractivity contribution in [2.24, 2.45) is 11.8 Å². The number of carbonyl (C=O) groups is 1. The third-order valence-corrected chi connectivity index (χ3v) is 6.28. The lowest BCUT2D eigenvalue weighted by Gasteiger charge is -2.43. The Morgan fingerprint density at radius 2 is 1.50 bits per heavy atom. The van der Waals surface area contributed by atoms with Crippen molar-refractivity contribution in [3.05, 3.63) is 45.7 Å². The highest BCUT2D eigenvalue weighted by atomic mass is 35.5. The second-order valence-electron chi connectivity index (χ2n) is 8.38. The molecule has 0 heterocycles. The maximum absolute atomic E-state index is 12.9. The molecule has 4 nitrogen and oxygen atoms in total. The van der Waals surface area contributed by atoms with Crippen LogP contribution in [0.2, 0.25) is 0 Å². The van der Waals surface area contributed by atoms with Gasteiger partial charge in [0.2, 0.25) is 5.79 Å². The number of hydrogen-bond donors (Lipinski definition) is 0. The van der Waals surface area contributed by atoms with Crippen molar-refractivity contribution in [2.75, 3.05) is 21.3 Å². The summed E-state index contributed by atoms with van der Waals surface area (Å²) in [5.41, 5.74) is 4.05. The smallest absolute Gasteiger partial charge is 0.232 e. The molecule has 0 aromatic carbocycles. The monoisotopic (exact) mass is 438 g/mol. The first-order valence-corrected chi connectivity index (χ1v) is 11.1. The molecule has 0 aromatic heterocycles. The summed E-state index contributed by atoms with van der Waals surface area (Å²) in [7, 11) is 4.57. The van der Waals surface area contributed by atoms with E-state index in [-0.39, 0.29) is 28.4 Å². The number of rotatable bonds is 11. The van der Waals surface area contributed by atoms with Crippen molar-refractivity contribution >= 4 is 17.4 Å². The molecule has 5 heteroatoms. The molecule has 170 valence electrons. The summed E-state index contributed by atoms with van der Waals surface area (Å²) in [5.74, 6) is -1.59. The van der Waals surface area contributed by atoms with Crippen LogP contribution in [0.4, 0.5) is 0 Å². The van der Waals surface area contributed by atoms with Crippen LogP contribution in [0.1, 0.15) is 66.7 Å². The van der Waals surface area contributed by atoms with E-state index in [0.717, 1.165) is 25.7 Å². The molecule has 0 fully saturated rings. The van der Waals surface area contributed by atoms with Crippen molar-refractivity contribution in [3.8, 4) is 0 Å². The summed E-state index contributed by atoms with van der Waals surface area (Å²) in [6.45, 7) is 10.5. The maximum atomic E-state index is 12.9. The molecule has 0 saturated carbocycles. The number of carbonyl (C=O) groups excluding carboxylic acids is 1. The van der Waals surface area contributed by atoms with Crippen molar-refractivity contribution < 1.29 is 19.0 Å². The van der Waals surface area contributed by atoms with Crippen LogP contribution in [0.15, 0.2) is 45.7 Å². The van der Waals surface area contributed by atoms with Gasteiger partial charge < -0.3 is 14.2 Å². The van der Waals surface area contributed by atoms with Crippen LogP contribution < -0.4 is 0 Å². The lowest BCUT2D eigenvalue weighted by atomic mass is 9.75. The maximum Gasteiger partial charge on any atom is 0.232 e. The zero-order valence-corrected chi connectivity index (χ0v) is 20.7. The predicted molar refractivity (Wildman–Crippen MR) is 124 cm³/mol. The fourth-order valence-corrected chi connectivity index (χ4v) is 4.33. The van der Waals surface area contributed by atoms with Gasteiger partial charge in [-0.3, -0.25) is 4.79 Å². The van der Waals surface area contributed by atoms with Gasteiger partial charge in [0.25, 0.3) is 0 Å². The van der Waals surface area contributed by atoms with E-state index in [4.69, 9.17) is 25.8 Å². The number of ether oxygens (including phenoxy) is 3. The summed E-state index contributed by atoms with van der Waals surface area (Å²) in [4.78, 5) is 12.9. The van der Waals surface area contributed by atoms with Gasteiger partial charge >= 0.3 is 0 Å². The lowest BCUT2D eigenvalue weighted by molar-refractivity contribution is -0.241.